The number of carbonyl (C=O) groups excluding carboxylic acids is 1. The van der Waals surface area contributed by atoms with Gasteiger partial charge in [0.25, 0.3) is 5.91 Å². The number of anilines is 1. The van der Waals surface area contributed by atoms with Crippen LogP contribution in [0.2, 0.25) is 0 Å². The number of rotatable bonds is 8. The van der Waals surface area contributed by atoms with Crippen LogP contribution in [0.25, 0.3) is 0 Å². The van der Waals surface area contributed by atoms with Crippen LogP contribution in [0.4, 0.5) is 5.69 Å². The molecule has 2 aromatic rings. The lowest BCUT2D eigenvalue weighted by Crippen LogP contribution is -2.52. The summed E-state index contributed by atoms with van der Waals surface area (Å²) >= 11 is 0. The molecule has 0 aliphatic carbocycles. The maximum atomic E-state index is 13.5. The van der Waals surface area contributed by atoms with Crippen LogP contribution in [-0.4, -0.2) is 44.9 Å². The zero-order valence-electron chi connectivity index (χ0n) is 17.6. The minimum Gasteiger partial charge on any atom is -0.497 e. The average Bonchev–Trinajstić information content (AvgIpc) is 3.18. The van der Waals surface area contributed by atoms with E-state index in [-0.39, 0.29) is 11.4 Å². The quantitative estimate of drug-likeness (QED) is 0.736. The standard InChI is InChI=1S/C23H30N2O4/c1-17(29-18-9-6-5-7-10-18)22(26)25(16-23(2)13-8-14-24-23)20-12-11-19(27-3)15-21(20)28-4/h5-7,9-12,15,17,24H,8,13-14,16H2,1-4H3. The van der Waals surface area contributed by atoms with E-state index in [1.807, 2.05) is 42.5 Å². The lowest BCUT2D eigenvalue weighted by molar-refractivity contribution is -0.124. The van der Waals surface area contributed by atoms with Gasteiger partial charge < -0.3 is 24.4 Å². The first kappa shape index (κ1) is 21.0. The highest BCUT2D eigenvalue weighted by Crippen LogP contribution is 2.35. The Balaban J connectivity index is 1.91. The number of carbonyl (C=O) groups is 1. The number of hydrogen-bond acceptors (Lipinski definition) is 5. The number of nitrogens with one attached hydrogen (secondary N) is 1. The van der Waals surface area contributed by atoms with E-state index in [9.17, 15) is 4.79 Å². The molecule has 0 bridgehead atoms. The van der Waals surface area contributed by atoms with Crippen molar-refractivity contribution in [2.75, 3.05) is 32.2 Å². The molecule has 0 radical (unpaired) electrons. The largest absolute Gasteiger partial charge is 0.497 e. The van der Waals surface area contributed by atoms with E-state index < -0.39 is 6.10 Å². The Bertz CT molecular complexity index is 819. The number of amides is 1. The summed E-state index contributed by atoms with van der Waals surface area (Å²) in [5.41, 5.74) is 0.546. The summed E-state index contributed by atoms with van der Waals surface area (Å²) < 4.78 is 16.8. The molecule has 2 unspecified atom stereocenters. The van der Waals surface area contributed by atoms with Crippen molar-refractivity contribution in [3.8, 4) is 17.2 Å². The Hall–Kier alpha value is -2.73. The van der Waals surface area contributed by atoms with E-state index in [1.54, 1.807) is 32.1 Å². The van der Waals surface area contributed by atoms with Gasteiger partial charge in [-0.1, -0.05) is 18.2 Å². The highest BCUT2D eigenvalue weighted by Gasteiger charge is 2.35. The molecule has 1 amide bonds. The van der Waals surface area contributed by atoms with Gasteiger partial charge >= 0.3 is 0 Å². The first-order valence-corrected chi connectivity index (χ1v) is 9.96. The number of hydrogen-bond donors (Lipinski definition) is 1. The van der Waals surface area contributed by atoms with E-state index in [4.69, 9.17) is 14.2 Å². The first-order chi connectivity index (χ1) is 14.0. The number of methoxy groups -OCH3 is 2. The Kier molecular flexibility index (Phi) is 6.64. The van der Waals surface area contributed by atoms with E-state index in [0.29, 0.717) is 29.5 Å². The summed E-state index contributed by atoms with van der Waals surface area (Å²) in [4.78, 5) is 15.3. The molecule has 1 N–H and O–H groups in total. The van der Waals surface area contributed by atoms with Crippen LogP contribution in [0, 0.1) is 0 Å². The predicted molar refractivity (Wildman–Crippen MR) is 114 cm³/mol. The fourth-order valence-corrected chi connectivity index (χ4v) is 3.70. The van der Waals surface area contributed by atoms with Crippen LogP contribution in [0.1, 0.15) is 26.7 Å². The molecule has 156 valence electrons. The molecule has 6 nitrogen and oxygen atoms in total. The van der Waals surface area contributed by atoms with Gasteiger partial charge in [-0.2, -0.15) is 0 Å². The van der Waals surface area contributed by atoms with Crippen LogP contribution in [-0.2, 0) is 4.79 Å². The number of nitrogens with zero attached hydrogens (tertiary/aromatic N) is 1. The van der Waals surface area contributed by atoms with E-state index in [2.05, 4.69) is 12.2 Å². The number of para-hydroxylation sites is 1. The molecule has 29 heavy (non-hydrogen) atoms. The van der Waals surface area contributed by atoms with E-state index in [0.717, 1.165) is 19.4 Å². The second-order valence-electron chi connectivity index (χ2n) is 7.63. The molecule has 0 aromatic heterocycles. The molecule has 1 saturated heterocycles. The van der Waals surface area contributed by atoms with Crippen molar-refractivity contribution >= 4 is 11.6 Å². The van der Waals surface area contributed by atoms with Crippen molar-refractivity contribution in [2.45, 2.75) is 38.3 Å². The molecule has 1 aliphatic rings. The van der Waals surface area contributed by atoms with Gasteiger partial charge in [0.15, 0.2) is 6.10 Å². The van der Waals surface area contributed by atoms with Crippen LogP contribution >= 0.6 is 0 Å². The van der Waals surface area contributed by atoms with Crippen LogP contribution < -0.4 is 24.4 Å². The average molecular weight is 399 g/mol. The van der Waals surface area contributed by atoms with Crippen molar-refractivity contribution in [3.05, 3.63) is 48.5 Å². The molecule has 0 saturated carbocycles. The molecule has 1 heterocycles. The van der Waals surface area contributed by atoms with Crippen molar-refractivity contribution in [2.24, 2.45) is 0 Å². The fraction of sp³-hybridized carbons (Fsp3) is 0.435. The normalized spacial score (nSPS) is 19.4. The Morgan fingerprint density at radius 3 is 2.52 bits per heavy atom. The Labute approximate surface area is 172 Å². The topological polar surface area (TPSA) is 60.0 Å². The van der Waals surface area contributed by atoms with Gasteiger partial charge in [-0.25, -0.2) is 0 Å². The molecule has 2 aromatic carbocycles. The van der Waals surface area contributed by atoms with Gasteiger partial charge in [0.2, 0.25) is 0 Å². The number of benzene rings is 2. The second-order valence-corrected chi connectivity index (χ2v) is 7.63. The third kappa shape index (κ3) is 5.01. The minimum absolute atomic E-state index is 0.118. The molecule has 1 aliphatic heterocycles. The summed E-state index contributed by atoms with van der Waals surface area (Å²) in [5.74, 6) is 1.82. The van der Waals surface area contributed by atoms with Gasteiger partial charge in [0.05, 0.1) is 19.9 Å². The Morgan fingerprint density at radius 2 is 1.90 bits per heavy atom. The zero-order valence-corrected chi connectivity index (χ0v) is 17.6. The minimum atomic E-state index is -0.644. The maximum absolute atomic E-state index is 13.5. The summed E-state index contributed by atoms with van der Waals surface area (Å²) in [6.45, 7) is 5.41. The van der Waals surface area contributed by atoms with Gasteiger partial charge in [0, 0.05) is 18.2 Å². The summed E-state index contributed by atoms with van der Waals surface area (Å²) in [5, 5.41) is 3.54. The SMILES string of the molecule is COc1ccc(N(CC2(C)CCCN2)C(=O)C(C)Oc2ccccc2)c(OC)c1. The van der Waals surface area contributed by atoms with Gasteiger partial charge in [-0.05, 0) is 57.5 Å². The van der Waals surface area contributed by atoms with Gasteiger partial charge in [0.1, 0.15) is 17.2 Å². The molecule has 0 spiro atoms. The molecule has 1 fully saturated rings. The number of ether oxygens (including phenoxy) is 3. The predicted octanol–water partition coefficient (Wildman–Crippen LogP) is 3.65. The molecular formula is C23H30N2O4. The van der Waals surface area contributed by atoms with Crippen LogP contribution in [0.5, 0.6) is 17.2 Å². The van der Waals surface area contributed by atoms with Crippen LogP contribution in [0.3, 0.4) is 0 Å². The summed E-state index contributed by atoms with van der Waals surface area (Å²) in [6, 6.07) is 14.9. The first-order valence-electron chi connectivity index (χ1n) is 9.96. The maximum Gasteiger partial charge on any atom is 0.267 e. The smallest absolute Gasteiger partial charge is 0.267 e. The molecule has 6 heteroatoms. The van der Waals surface area contributed by atoms with Gasteiger partial charge in [-0.15, -0.1) is 0 Å². The fourth-order valence-electron chi connectivity index (χ4n) is 3.70. The monoisotopic (exact) mass is 398 g/mol. The Morgan fingerprint density at radius 1 is 1.14 bits per heavy atom. The van der Waals surface area contributed by atoms with E-state index >= 15 is 0 Å². The van der Waals surface area contributed by atoms with Crippen molar-refractivity contribution in [3.63, 3.8) is 0 Å². The zero-order chi connectivity index (χ0) is 20.9. The highest BCUT2D eigenvalue weighted by molar-refractivity contribution is 5.98. The summed E-state index contributed by atoms with van der Waals surface area (Å²) in [6.07, 6.45) is 1.45. The van der Waals surface area contributed by atoms with Crippen molar-refractivity contribution in [1.82, 2.24) is 5.32 Å². The third-order valence-electron chi connectivity index (χ3n) is 5.31. The molecular weight excluding hydrogens is 368 g/mol. The van der Waals surface area contributed by atoms with E-state index in [1.165, 1.54) is 0 Å². The van der Waals surface area contributed by atoms with Gasteiger partial charge in [-0.3, -0.25) is 4.79 Å². The third-order valence-corrected chi connectivity index (χ3v) is 5.31. The highest BCUT2D eigenvalue weighted by atomic mass is 16.5. The lowest BCUT2D eigenvalue weighted by atomic mass is 9.98. The second kappa shape index (κ2) is 9.18. The van der Waals surface area contributed by atoms with Crippen molar-refractivity contribution < 1.29 is 19.0 Å². The molecule has 2 atom stereocenters. The summed E-state index contributed by atoms with van der Waals surface area (Å²) in [7, 11) is 3.21. The lowest BCUT2D eigenvalue weighted by Gasteiger charge is -2.35. The van der Waals surface area contributed by atoms with Crippen LogP contribution in [0.15, 0.2) is 48.5 Å². The molecule has 3 rings (SSSR count). The van der Waals surface area contributed by atoms with Crippen molar-refractivity contribution in [1.29, 1.82) is 0 Å².